The summed E-state index contributed by atoms with van der Waals surface area (Å²) >= 11 is 0. The summed E-state index contributed by atoms with van der Waals surface area (Å²) in [7, 11) is 0. The number of carbonyl (C=O) groups is 1. The molecular formula is C20H20O3. The first-order valence-electron chi connectivity index (χ1n) is 7.87. The third-order valence-corrected chi connectivity index (χ3v) is 3.83. The van der Waals surface area contributed by atoms with Gasteiger partial charge in [0, 0.05) is 10.8 Å². The SMILES string of the molecule is CCCOC(=O)Oc1c2ccc(C)cc2cc2ccc(C)cc12. The number of rotatable bonds is 3. The minimum atomic E-state index is -0.650. The molecule has 0 unspecified atom stereocenters. The molecule has 3 nitrogen and oxygen atoms in total. The summed E-state index contributed by atoms with van der Waals surface area (Å²) in [5, 5.41) is 3.95. The summed E-state index contributed by atoms with van der Waals surface area (Å²) in [5.41, 5.74) is 2.29. The van der Waals surface area contributed by atoms with Crippen LogP contribution in [0.5, 0.6) is 5.75 Å². The van der Waals surface area contributed by atoms with Crippen LogP contribution in [0.15, 0.2) is 42.5 Å². The van der Waals surface area contributed by atoms with E-state index in [1.54, 1.807) is 0 Å². The number of aryl methyl sites for hydroxylation is 2. The maximum atomic E-state index is 12.0. The van der Waals surface area contributed by atoms with Gasteiger partial charge < -0.3 is 9.47 Å². The Morgan fingerprint density at radius 3 is 2.43 bits per heavy atom. The Bertz CT molecular complexity index is 881. The van der Waals surface area contributed by atoms with Gasteiger partial charge in [0.15, 0.2) is 0 Å². The molecule has 3 aromatic carbocycles. The van der Waals surface area contributed by atoms with Crippen LogP contribution in [0.2, 0.25) is 0 Å². The van der Waals surface area contributed by atoms with Gasteiger partial charge in [-0.3, -0.25) is 0 Å². The number of fused-ring (bicyclic) bond motifs is 2. The van der Waals surface area contributed by atoms with E-state index in [0.717, 1.165) is 33.5 Å². The molecule has 3 heteroatoms. The second-order valence-electron chi connectivity index (χ2n) is 5.86. The van der Waals surface area contributed by atoms with Crippen molar-refractivity contribution < 1.29 is 14.3 Å². The standard InChI is InChI=1S/C20H20O3/c1-4-9-22-20(21)23-19-17-8-6-13(2)10-16(17)12-15-7-5-14(3)11-18(15)19/h5-8,10-12H,4,9H2,1-3H3. The van der Waals surface area contributed by atoms with Gasteiger partial charge in [-0.15, -0.1) is 0 Å². The predicted octanol–water partition coefficient (Wildman–Crippen LogP) is 5.54. The van der Waals surface area contributed by atoms with Gasteiger partial charge >= 0.3 is 6.16 Å². The number of ether oxygens (including phenoxy) is 2. The van der Waals surface area contributed by atoms with Gasteiger partial charge in [0.25, 0.3) is 0 Å². The zero-order valence-corrected chi connectivity index (χ0v) is 13.7. The van der Waals surface area contributed by atoms with Crippen molar-refractivity contribution in [2.75, 3.05) is 6.61 Å². The molecule has 0 heterocycles. The minimum Gasteiger partial charge on any atom is -0.434 e. The molecule has 0 aliphatic rings. The fourth-order valence-electron chi connectivity index (χ4n) is 2.72. The fraction of sp³-hybridized carbons (Fsp3) is 0.250. The van der Waals surface area contributed by atoms with Crippen molar-refractivity contribution >= 4 is 27.7 Å². The molecule has 0 fully saturated rings. The van der Waals surface area contributed by atoms with Gasteiger partial charge in [0.05, 0.1) is 6.61 Å². The van der Waals surface area contributed by atoms with Gasteiger partial charge in [0.1, 0.15) is 5.75 Å². The smallest absolute Gasteiger partial charge is 0.434 e. The van der Waals surface area contributed by atoms with Crippen LogP contribution in [-0.4, -0.2) is 12.8 Å². The highest BCUT2D eigenvalue weighted by molar-refractivity contribution is 6.06. The topological polar surface area (TPSA) is 35.5 Å². The second-order valence-corrected chi connectivity index (χ2v) is 5.86. The summed E-state index contributed by atoms with van der Waals surface area (Å²) in [6.07, 6.45) is 0.117. The normalized spacial score (nSPS) is 10.9. The Labute approximate surface area is 135 Å². The van der Waals surface area contributed by atoms with Crippen LogP contribution in [-0.2, 0) is 4.74 Å². The molecule has 23 heavy (non-hydrogen) atoms. The van der Waals surface area contributed by atoms with E-state index >= 15 is 0 Å². The number of benzene rings is 3. The molecule has 0 radical (unpaired) electrons. The summed E-state index contributed by atoms with van der Waals surface area (Å²) in [5.74, 6) is 0.572. The molecule has 0 spiro atoms. The summed E-state index contributed by atoms with van der Waals surface area (Å²) in [6.45, 7) is 6.39. The molecule has 0 bridgehead atoms. The molecule has 0 amide bonds. The Morgan fingerprint density at radius 1 is 0.913 bits per heavy atom. The molecule has 0 atom stereocenters. The van der Waals surface area contributed by atoms with Crippen molar-refractivity contribution in [3.8, 4) is 5.75 Å². The van der Waals surface area contributed by atoms with Crippen molar-refractivity contribution in [3.05, 3.63) is 53.6 Å². The van der Waals surface area contributed by atoms with E-state index < -0.39 is 6.16 Å². The zero-order chi connectivity index (χ0) is 16.4. The highest BCUT2D eigenvalue weighted by Gasteiger charge is 2.14. The maximum Gasteiger partial charge on any atom is 0.513 e. The highest BCUT2D eigenvalue weighted by atomic mass is 16.7. The van der Waals surface area contributed by atoms with Crippen LogP contribution in [0.4, 0.5) is 4.79 Å². The molecular weight excluding hydrogens is 288 g/mol. The van der Waals surface area contributed by atoms with E-state index in [9.17, 15) is 4.79 Å². The summed E-state index contributed by atoms with van der Waals surface area (Å²) in [4.78, 5) is 12.0. The molecule has 0 aromatic heterocycles. The van der Waals surface area contributed by atoms with Crippen LogP contribution in [0.3, 0.4) is 0 Å². The molecule has 3 aromatic rings. The molecule has 0 aliphatic carbocycles. The lowest BCUT2D eigenvalue weighted by molar-refractivity contribution is 0.100. The monoisotopic (exact) mass is 308 g/mol. The van der Waals surface area contributed by atoms with Gasteiger partial charge in [0.2, 0.25) is 0 Å². The van der Waals surface area contributed by atoms with Gasteiger partial charge in [-0.05, 0) is 43.2 Å². The Hall–Kier alpha value is -2.55. The van der Waals surface area contributed by atoms with Crippen LogP contribution in [0.25, 0.3) is 21.5 Å². The van der Waals surface area contributed by atoms with E-state index in [0.29, 0.717) is 12.4 Å². The molecule has 0 saturated heterocycles. The van der Waals surface area contributed by atoms with Crippen LogP contribution >= 0.6 is 0 Å². The predicted molar refractivity (Wildman–Crippen MR) is 93.2 cm³/mol. The number of carbonyl (C=O) groups excluding carboxylic acids is 1. The van der Waals surface area contributed by atoms with E-state index in [1.165, 1.54) is 5.56 Å². The lowest BCUT2D eigenvalue weighted by Gasteiger charge is -2.13. The van der Waals surface area contributed by atoms with Gasteiger partial charge in [-0.1, -0.05) is 48.4 Å². The Kier molecular flexibility index (Phi) is 4.20. The maximum absolute atomic E-state index is 12.0. The van der Waals surface area contributed by atoms with Crippen molar-refractivity contribution in [3.63, 3.8) is 0 Å². The first-order valence-corrected chi connectivity index (χ1v) is 7.87. The first-order chi connectivity index (χ1) is 11.1. The van der Waals surface area contributed by atoms with E-state index in [1.807, 2.05) is 32.0 Å². The third-order valence-electron chi connectivity index (χ3n) is 3.83. The van der Waals surface area contributed by atoms with Crippen LogP contribution in [0, 0.1) is 13.8 Å². The van der Waals surface area contributed by atoms with Crippen molar-refractivity contribution in [1.29, 1.82) is 0 Å². The highest BCUT2D eigenvalue weighted by Crippen LogP contribution is 2.36. The molecule has 0 N–H and O–H groups in total. The Balaban J connectivity index is 2.20. The van der Waals surface area contributed by atoms with E-state index in [4.69, 9.17) is 9.47 Å². The average Bonchev–Trinajstić information content (AvgIpc) is 2.53. The summed E-state index contributed by atoms with van der Waals surface area (Å²) in [6, 6.07) is 14.4. The molecule has 3 rings (SSSR count). The second kappa shape index (κ2) is 6.29. The van der Waals surface area contributed by atoms with Crippen molar-refractivity contribution in [2.24, 2.45) is 0 Å². The lowest BCUT2D eigenvalue weighted by atomic mass is 9.99. The average molecular weight is 308 g/mol. The van der Waals surface area contributed by atoms with Crippen LogP contribution in [0.1, 0.15) is 24.5 Å². The molecule has 118 valence electrons. The van der Waals surface area contributed by atoms with E-state index in [-0.39, 0.29) is 0 Å². The van der Waals surface area contributed by atoms with Gasteiger partial charge in [-0.25, -0.2) is 4.79 Å². The van der Waals surface area contributed by atoms with Crippen molar-refractivity contribution in [2.45, 2.75) is 27.2 Å². The van der Waals surface area contributed by atoms with Crippen LogP contribution < -0.4 is 4.74 Å². The lowest BCUT2D eigenvalue weighted by Crippen LogP contribution is -2.11. The molecule has 0 saturated carbocycles. The Morgan fingerprint density at radius 2 is 1.65 bits per heavy atom. The number of hydrogen-bond donors (Lipinski definition) is 0. The third kappa shape index (κ3) is 3.14. The first kappa shape index (κ1) is 15.3. The zero-order valence-electron chi connectivity index (χ0n) is 13.7. The quantitative estimate of drug-likeness (QED) is 0.362. The molecule has 0 aliphatic heterocycles. The van der Waals surface area contributed by atoms with Crippen molar-refractivity contribution in [1.82, 2.24) is 0 Å². The number of hydrogen-bond acceptors (Lipinski definition) is 3. The van der Waals surface area contributed by atoms with Gasteiger partial charge in [-0.2, -0.15) is 0 Å². The summed E-state index contributed by atoms with van der Waals surface area (Å²) < 4.78 is 10.7. The van der Waals surface area contributed by atoms with E-state index in [2.05, 4.69) is 31.2 Å². The largest absolute Gasteiger partial charge is 0.513 e. The fourth-order valence-corrected chi connectivity index (χ4v) is 2.72. The minimum absolute atomic E-state index is 0.361.